The van der Waals surface area contributed by atoms with E-state index in [1.165, 1.54) is 6.07 Å². The number of aryl methyl sites for hydroxylation is 2. The van der Waals surface area contributed by atoms with E-state index in [1.807, 2.05) is 0 Å². The highest BCUT2D eigenvalue weighted by Gasteiger charge is 2.23. The normalized spacial score (nSPS) is 12.0. The van der Waals surface area contributed by atoms with Gasteiger partial charge in [0.1, 0.15) is 17.7 Å². The number of oxazole rings is 1. The van der Waals surface area contributed by atoms with E-state index in [1.54, 1.807) is 66.6 Å². The molecule has 0 radical (unpaired) electrons. The number of benzene rings is 2. The van der Waals surface area contributed by atoms with E-state index in [9.17, 15) is 9.18 Å². The van der Waals surface area contributed by atoms with Gasteiger partial charge in [0.2, 0.25) is 5.91 Å². The molecule has 2 heterocycles. The third-order valence-electron chi connectivity index (χ3n) is 4.95. The number of aromatic nitrogens is 3. The summed E-state index contributed by atoms with van der Waals surface area (Å²) in [5, 5.41) is 3.84. The number of hydrogen-bond acceptors (Lipinski definition) is 4. The Kier molecular flexibility index (Phi) is 6.58. The molecule has 0 fully saturated rings. The third kappa shape index (κ3) is 4.84. The standard InChI is InChI=1S/C23H19Cl2FN4O2/c1-30-11-10-27-23(30)22(16-4-2-3-5-18(16)26)29-20(31)8-9-21-28-13-19(32-21)15-7-6-14(24)12-17(15)25/h2-7,10-13,22H,8-9H2,1H3,(H,29,31). The molecule has 32 heavy (non-hydrogen) atoms. The van der Waals surface area contributed by atoms with Crippen LogP contribution in [0.25, 0.3) is 11.3 Å². The van der Waals surface area contributed by atoms with Gasteiger partial charge in [0.15, 0.2) is 11.7 Å². The number of hydrogen-bond donors (Lipinski definition) is 1. The molecular weight excluding hydrogens is 454 g/mol. The van der Waals surface area contributed by atoms with Crippen molar-refractivity contribution in [2.75, 3.05) is 0 Å². The number of nitrogens with one attached hydrogen (secondary N) is 1. The summed E-state index contributed by atoms with van der Waals surface area (Å²) >= 11 is 12.1. The largest absolute Gasteiger partial charge is 0.441 e. The molecule has 0 aliphatic carbocycles. The zero-order valence-corrected chi connectivity index (χ0v) is 18.6. The first-order chi connectivity index (χ1) is 15.4. The zero-order chi connectivity index (χ0) is 22.7. The second kappa shape index (κ2) is 9.54. The number of carbonyl (C=O) groups is 1. The van der Waals surface area contributed by atoms with Gasteiger partial charge in [-0.3, -0.25) is 4.79 Å². The quantitative estimate of drug-likeness (QED) is 0.392. The summed E-state index contributed by atoms with van der Waals surface area (Å²) in [6.45, 7) is 0. The summed E-state index contributed by atoms with van der Waals surface area (Å²) in [7, 11) is 1.79. The number of halogens is 3. The van der Waals surface area contributed by atoms with Crippen molar-refractivity contribution in [3.8, 4) is 11.3 Å². The fourth-order valence-electron chi connectivity index (χ4n) is 3.34. The van der Waals surface area contributed by atoms with Crippen LogP contribution >= 0.6 is 23.2 Å². The van der Waals surface area contributed by atoms with Crippen LogP contribution in [0.5, 0.6) is 0 Å². The van der Waals surface area contributed by atoms with Crippen LogP contribution in [0.4, 0.5) is 4.39 Å². The second-order valence-corrected chi connectivity index (χ2v) is 8.00. The van der Waals surface area contributed by atoms with E-state index in [0.29, 0.717) is 38.6 Å². The minimum Gasteiger partial charge on any atom is -0.441 e. The van der Waals surface area contributed by atoms with Crippen LogP contribution in [0.1, 0.15) is 29.7 Å². The molecule has 1 atom stereocenters. The van der Waals surface area contributed by atoms with Crippen molar-refractivity contribution in [1.29, 1.82) is 0 Å². The van der Waals surface area contributed by atoms with E-state index < -0.39 is 11.9 Å². The summed E-state index contributed by atoms with van der Waals surface area (Å²) in [4.78, 5) is 21.2. The summed E-state index contributed by atoms with van der Waals surface area (Å²) in [5.74, 6) is 0.697. The molecule has 1 unspecified atom stereocenters. The smallest absolute Gasteiger partial charge is 0.221 e. The van der Waals surface area contributed by atoms with E-state index in [-0.39, 0.29) is 18.7 Å². The van der Waals surface area contributed by atoms with Gasteiger partial charge in [-0.1, -0.05) is 41.4 Å². The highest BCUT2D eigenvalue weighted by atomic mass is 35.5. The Morgan fingerprint density at radius 2 is 2.03 bits per heavy atom. The molecule has 2 aromatic carbocycles. The van der Waals surface area contributed by atoms with Crippen molar-refractivity contribution in [1.82, 2.24) is 19.9 Å². The van der Waals surface area contributed by atoms with Gasteiger partial charge in [-0.05, 0) is 24.3 Å². The van der Waals surface area contributed by atoms with Crippen molar-refractivity contribution < 1.29 is 13.6 Å². The minimum absolute atomic E-state index is 0.101. The molecule has 0 spiro atoms. The highest BCUT2D eigenvalue weighted by Crippen LogP contribution is 2.31. The predicted octanol–water partition coefficient (Wildman–Crippen LogP) is 5.36. The molecule has 4 rings (SSSR count). The number of nitrogens with zero attached hydrogens (tertiary/aromatic N) is 3. The molecule has 9 heteroatoms. The van der Waals surface area contributed by atoms with Gasteiger partial charge >= 0.3 is 0 Å². The first-order valence-electron chi connectivity index (χ1n) is 9.83. The molecule has 0 aliphatic heterocycles. The predicted molar refractivity (Wildman–Crippen MR) is 120 cm³/mol. The lowest BCUT2D eigenvalue weighted by Crippen LogP contribution is -2.31. The SMILES string of the molecule is Cn1ccnc1C(NC(=O)CCc1ncc(-c2ccc(Cl)cc2Cl)o1)c1ccccc1F. The molecule has 0 aliphatic rings. The van der Waals surface area contributed by atoms with Crippen LogP contribution in [0.2, 0.25) is 10.0 Å². The Morgan fingerprint density at radius 1 is 1.22 bits per heavy atom. The number of amides is 1. The van der Waals surface area contributed by atoms with E-state index in [0.717, 1.165) is 0 Å². The molecule has 164 valence electrons. The Morgan fingerprint density at radius 3 is 2.75 bits per heavy atom. The van der Waals surface area contributed by atoms with Gasteiger partial charge in [0, 0.05) is 48.4 Å². The summed E-state index contributed by atoms with van der Waals surface area (Å²) in [6, 6.07) is 10.6. The Labute approximate surface area is 194 Å². The number of carbonyl (C=O) groups excluding carboxylic acids is 1. The van der Waals surface area contributed by atoms with Crippen molar-refractivity contribution in [2.24, 2.45) is 7.05 Å². The second-order valence-electron chi connectivity index (χ2n) is 7.16. The van der Waals surface area contributed by atoms with Crippen molar-refractivity contribution in [3.63, 3.8) is 0 Å². The van der Waals surface area contributed by atoms with Crippen LogP contribution in [0.3, 0.4) is 0 Å². The summed E-state index contributed by atoms with van der Waals surface area (Å²) in [5.41, 5.74) is 1.000. The van der Waals surface area contributed by atoms with Gasteiger partial charge in [0.05, 0.1) is 11.2 Å². The monoisotopic (exact) mass is 472 g/mol. The fraction of sp³-hybridized carbons (Fsp3) is 0.174. The van der Waals surface area contributed by atoms with Crippen molar-refractivity contribution in [3.05, 3.63) is 94.2 Å². The van der Waals surface area contributed by atoms with Gasteiger partial charge in [-0.25, -0.2) is 14.4 Å². The molecule has 0 bridgehead atoms. The van der Waals surface area contributed by atoms with Gasteiger partial charge in [-0.2, -0.15) is 0 Å². The van der Waals surface area contributed by atoms with Gasteiger partial charge in [-0.15, -0.1) is 0 Å². The molecule has 1 N–H and O–H groups in total. The Hall–Kier alpha value is -3.16. The minimum atomic E-state index is -0.725. The first kappa shape index (κ1) is 22.0. The van der Waals surface area contributed by atoms with E-state index in [2.05, 4.69) is 15.3 Å². The van der Waals surface area contributed by atoms with Gasteiger partial charge < -0.3 is 14.3 Å². The number of imidazole rings is 1. The van der Waals surface area contributed by atoms with Crippen molar-refractivity contribution in [2.45, 2.75) is 18.9 Å². The lowest BCUT2D eigenvalue weighted by Gasteiger charge is -2.19. The molecule has 4 aromatic rings. The van der Waals surface area contributed by atoms with Crippen LogP contribution < -0.4 is 5.32 Å². The Balaban J connectivity index is 1.46. The first-order valence-corrected chi connectivity index (χ1v) is 10.6. The van der Waals surface area contributed by atoms with Crippen LogP contribution in [0, 0.1) is 5.82 Å². The summed E-state index contributed by atoms with van der Waals surface area (Å²) < 4.78 is 21.9. The van der Waals surface area contributed by atoms with Crippen molar-refractivity contribution >= 4 is 29.1 Å². The molecule has 0 saturated heterocycles. The molecule has 6 nitrogen and oxygen atoms in total. The number of rotatable bonds is 7. The van der Waals surface area contributed by atoms with Gasteiger partial charge in [0.25, 0.3) is 0 Å². The maximum absolute atomic E-state index is 14.5. The lowest BCUT2D eigenvalue weighted by atomic mass is 10.0. The van der Waals surface area contributed by atoms with Crippen LogP contribution in [-0.2, 0) is 18.3 Å². The molecule has 0 saturated carbocycles. The molecule has 1 amide bonds. The molecule has 2 aromatic heterocycles. The fourth-order valence-corrected chi connectivity index (χ4v) is 3.84. The summed E-state index contributed by atoms with van der Waals surface area (Å²) in [6.07, 6.45) is 5.26. The molecular formula is C23H19Cl2FN4O2. The third-order valence-corrected chi connectivity index (χ3v) is 5.50. The topological polar surface area (TPSA) is 73.0 Å². The van der Waals surface area contributed by atoms with Crippen LogP contribution in [0.15, 0.2) is 65.5 Å². The average molecular weight is 473 g/mol. The maximum Gasteiger partial charge on any atom is 0.221 e. The zero-order valence-electron chi connectivity index (χ0n) is 17.1. The van der Waals surface area contributed by atoms with Crippen LogP contribution in [-0.4, -0.2) is 20.4 Å². The highest BCUT2D eigenvalue weighted by molar-refractivity contribution is 6.36. The maximum atomic E-state index is 14.5. The average Bonchev–Trinajstić information content (AvgIpc) is 3.40. The van der Waals surface area contributed by atoms with E-state index in [4.69, 9.17) is 27.6 Å². The lowest BCUT2D eigenvalue weighted by molar-refractivity contribution is -0.121. The van der Waals surface area contributed by atoms with E-state index >= 15 is 0 Å². The Bertz CT molecular complexity index is 1250.